The van der Waals surface area contributed by atoms with Crippen LogP contribution in [0.2, 0.25) is 0 Å². The fourth-order valence-electron chi connectivity index (χ4n) is 8.52. The topological polar surface area (TPSA) is 124 Å². The average Bonchev–Trinajstić information content (AvgIpc) is 3.46. The number of likely N-dealkylation sites (tertiary alicyclic amines) is 2. The average molecular weight is 663 g/mol. The molecule has 9 rings (SSSR count). The van der Waals surface area contributed by atoms with E-state index in [9.17, 15) is 14.0 Å². The van der Waals surface area contributed by atoms with E-state index in [1.54, 1.807) is 18.1 Å². The van der Waals surface area contributed by atoms with Crippen LogP contribution in [0.25, 0.3) is 33.6 Å². The molecule has 49 heavy (non-hydrogen) atoms. The molecule has 1 aromatic carbocycles. The number of piperidine rings is 2. The van der Waals surface area contributed by atoms with Gasteiger partial charge < -0.3 is 29.4 Å². The molecule has 4 fully saturated rings. The van der Waals surface area contributed by atoms with Gasteiger partial charge in [-0.3, -0.25) is 9.59 Å². The van der Waals surface area contributed by atoms with Crippen LogP contribution in [0.1, 0.15) is 65.3 Å². The molecule has 252 valence electrons. The number of nitrogens with two attached hydrogens (primary N) is 1. The van der Waals surface area contributed by atoms with E-state index in [0.717, 1.165) is 47.5 Å². The number of hydrogen-bond donors (Lipinski definition) is 1. The van der Waals surface area contributed by atoms with Crippen molar-refractivity contribution in [1.82, 2.24) is 33.9 Å². The molecule has 4 aliphatic rings. The number of ether oxygens (including phenoxy) is 1. The van der Waals surface area contributed by atoms with Gasteiger partial charge in [0.2, 0.25) is 5.95 Å². The zero-order valence-electron chi connectivity index (χ0n) is 27.5. The molecule has 2 aliphatic carbocycles. The number of carbonyl (C=O) groups excluding carboxylic acids is 2. The maximum Gasteiger partial charge on any atom is 0.254 e. The first-order valence-electron chi connectivity index (χ1n) is 17.4. The summed E-state index contributed by atoms with van der Waals surface area (Å²) in [6, 6.07) is 12.8. The number of hydrogen-bond acceptors (Lipinski definition) is 7. The van der Waals surface area contributed by atoms with Crippen molar-refractivity contribution in [3.05, 3.63) is 71.9 Å². The quantitative estimate of drug-likeness (QED) is 0.242. The normalized spacial score (nSPS) is 22.5. The lowest BCUT2D eigenvalue weighted by Crippen LogP contribution is -2.41. The largest absolute Gasteiger partial charge is 0.494 e. The number of benzene rings is 1. The number of carbonyl (C=O) groups is 2. The zero-order valence-corrected chi connectivity index (χ0v) is 27.5. The molecule has 2 amide bonds. The number of nitrogens with zero attached hydrogens (tertiary/aromatic N) is 7. The van der Waals surface area contributed by atoms with Crippen LogP contribution in [0.5, 0.6) is 5.75 Å². The van der Waals surface area contributed by atoms with E-state index in [1.807, 2.05) is 29.3 Å². The van der Waals surface area contributed by atoms with Gasteiger partial charge >= 0.3 is 0 Å². The van der Waals surface area contributed by atoms with E-state index < -0.39 is 5.95 Å². The van der Waals surface area contributed by atoms with Gasteiger partial charge in [0.15, 0.2) is 5.82 Å². The second-order valence-corrected chi connectivity index (χ2v) is 14.2. The Labute approximate surface area is 282 Å². The van der Waals surface area contributed by atoms with Crippen LogP contribution in [-0.4, -0.2) is 84.5 Å². The summed E-state index contributed by atoms with van der Waals surface area (Å²) in [5, 5.41) is 1.05. The van der Waals surface area contributed by atoms with Crippen molar-refractivity contribution in [3.63, 3.8) is 0 Å². The van der Waals surface area contributed by atoms with Gasteiger partial charge in [-0.1, -0.05) is 0 Å². The molecule has 0 spiro atoms. The molecule has 11 nitrogen and oxygen atoms in total. The lowest BCUT2D eigenvalue weighted by atomic mass is 10.0. The van der Waals surface area contributed by atoms with Crippen LogP contribution < -0.4 is 10.5 Å². The Bertz CT molecular complexity index is 2110. The number of pyridine rings is 2. The highest BCUT2D eigenvalue weighted by molar-refractivity contribution is 6.00. The Morgan fingerprint density at radius 3 is 2.51 bits per heavy atom. The lowest BCUT2D eigenvalue weighted by molar-refractivity contribution is 0.0691. The summed E-state index contributed by atoms with van der Waals surface area (Å²) in [7, 11) is 1.64. The molecule has 2 saturated carbocycles. The summed E-state index contributed by atoms with van der Waals surface area (Å²) in [4.78, 5) is 44.7. The molecular weight excluding hydrogens is 623 g/mol. The minimum absolute atomic E-state index is 0.0126. The van der Waals surface area contributed by atoms with Crippen LogP contribution in [0, 0.1) is 17.8 Å². The molecule has 5 aromatic rings. The minimum atomic E-state index is -0.670. The molecule has 3 atom stereocenters. The summed E-state index contributed by atoms with van der Waals surface area (Å²) in [5.74, 6) is 1.41. The second-order valence-electron chi connectivity index (χ2n) is 14.2. The molecular formula is C37H39FN8O3. The molecule has 0 radical (unpaired) electrons. The summed E-state index contributed by atoms with van der Waals surface area (Å²) in [6.07, 6.45) is 8.87. The molecule has 2 saturated heterocycles. The van der Waals surface area contributed by atoms with E-state index in [-0.39, 0.29) is 29.9 Å². The summed E-state index contributed by atoms with van der Waals surface area (Å²) < 4.78 is 24.5. The van der Waals surface area contributed by atoms with E-state index in [2.05, 4.69) is 26.3 Å². The Kier molecular flexibility index (Phi) is 7.19. The number of fused-ring (bicyclic) bond motifs is 4. The number of rotatable bonds is 7. The molecule has 2 N–H and O–H groups in total. The number of halogens is 1. The highest BCUT2D eigenvalue weighted by atomic mass is 19.1. The van der Waals surface area contributed by atoms with Crippen molar-refractivity contribution in [3.8, 4) is 17.3 Å². The first kappa shape index (κ1) is 30.2. The van der Waals surface area contributed by atoms with Crippen LogP contribution >= 0.6 is 0 Å². The van der Waals surface area contributed by atoms with Gasteiger partial charge in [0.05, 0.1) is 18.3 Å². The highest BCUT2D eigenvalue weighted by Gasteiger charge is 2.47. The van der Waals surface area contributed by atoms with Gasteiger partial charge in [0.25, 0.3) is 11.8 Å². The fraction of sp³-hybridized carbons (Fsp3) is 0.432. The number of imidazole rings is 1. The molecule has 6 heterocycles. The first-order valence-corrected chi connectivity index (χ1v) is 17.4. The van der Waals surface area contributed by atoms with Crippen molar-refractivity contribution in [2.45, 2.75) is 63.2 Å². The van der Waals surface area contributed by atoms with Gasteiger partial charge in [0, 0.05) is 79.3 Å². The summed E-state index contributed by atoms with van der Waals surface area (Å²) in [5.41, 5.74) is 10.7. The van der Waals surface area contributed by atoms with Crippen molar-refractivity contribution < 1.29 is 18.7 Å². The highest BCUT2D eigenvalue weighted by Crippen LogP contribution is 2.42. The summed E-state index contributed by atoms with van der Waals surface area (Å²) in [6.45, 7) is 2.53. The monoisotopic (exact) mass is 662 g/mol. The van der Waals surface area contributed by atoms with E-state index in [4.69, 9.17) is 20.4 Å². The zero-order chi connectivity index (χ0) is 33.4. The maximum atomic E-state index is 14.0. The third-order valence-electron chi connectivity index (χ3n) is 11.2. The van der Waals surface area contributed by atoms with Crippen molar-refractivity contribution in [2.24, 2.45) is 17.6 Å². The maximum absolute atomic E-state index is 14.0. The molecule has 2 unspecified atom stereocenters. The molecule has 12 heteroatoms. The van der Waals surface area contributed by atoms with Gasteiger partial charge in [-0.15, -0.1) is 0 Å². The third kappa shape index (κ3) is 5.06. The van der Waals surface area contributed by atoms with Crippen LogP contribution in [-0.2, 0) is 6.54 Å². The molecule has 2 aliphatic heterocycles. The second kappa shape index (κ2) is 11.6. The predicted octanol–water partition coefficient (Wildman–Crippen LogP) is 5.04. The van der Waals surface area contributed by atoms with E-state index in [1.165, 1.54) is 25.1 Å². The Balaban J connectivity index is 1.14. The van der Waals surface area contributed by atoms with Gasteiger partial charge in [-0.25, -0.2) is 15.0 Å². The summed E-state index contributed by atoms with van der Waals surface area (Å²) >= 11 is 0. The van der Waals surface area contributed by atoms with Crippen molar-refractivity contribution in [1.29, 1.82) is 0 Å². The first-order chi connectivity index (χ1) is 23.9. The minimum Gasteiger partial charge on any atom is -0.494 e. The predicted molar refractivity (Wildman–Crippen MR) is 182 cm³/mol. The SMILES string of the molecule is COc1cc(C(=O)N2CC3CCC2[C@@H]3N)cc2nc(-c3cc4cccnc4n3CC3CC3)n(C3CCN(C(=O)c4ccnc(F)c4)CC3)c12. The molecule has 4 aromatic heterocycles. The van der Waals surface area contributed by atoms with Crippen LogP contribution in [0.4, 0.5) is 4.39 Å². The standard InChI is InChI=1S/C37H39FN8O3/c1-49-30-17-25(37(48)45-20-24-6-7-28(45)32(24)39)15-27-33(30)46(26-9-13-43(14-10-26)36(47)23-8-12-40-31(38)18-23)35(42-27)29-16-22-3-2-11-41-34(22)44(29)19-21-4-5-21/h2-3,8,11-12,15-18,21,24,26,28,32H,4-7,9-10,13-14,19-20,39H2,1H3/t24?,28?,32-/m1/s1. The van der Waals surface area contributed by atoms with Crippen LogP contribution in [0.3, 0.4) is 0 Å². The Morgan fingerprint density at radius 1 is 0.959 bits per heavy atom. The van der Waals surface area contributed by atoms with Crippen molar-refractivity contribution in [2.75, 3.05) is 26.7 Å². The Morgan fingerprint density at radius 2 is 1.80 bits per heavy atom. The smallest absolute Gasteiger partial charge is 0.254 e. The fourth-order valence-corrected chi connectivity index (χ4v) is 8.52. The third-order valence-corrected chi connectivity index (χ3v) is 11.2. The number of aromatic nitrogens is 5. The van der Waals surface area contributed by atoms with Gasteiger partial charge in [-0.05, 0) is 86.8 Å². The van der Waals surface area contributed by atoms with E-state index >= 15 is 0 Å². The van der Waals surface area contributed by atoms with Gasteiger partial charge in [-0.2, -0.15) is 4.39 Å². The molecule has 2 bridgehead atoms. The van der Waals surface area contributed by atoms with Crippen molar-refractivity contribution >= 4 is 33.9 Å². The number of amides is 2. The number of methoxy groups -OCH3 is 1. The Hall–Kier alpha value is -4.84. The van der Waals surface area contributed by atoms with E-state index in [0.29, 0.717) is 66.7 Å². The lowest BCUT2D eigenvalue weighted by Gasteiger charge is -2.34. The van der Waals surface area contributed by atoms with Crippen LogP contribution in [0.15, 0.2) is 54.9 Å². The van der Waals surface area contributed by atoms with Gasteiger partial charge in [0.1, 0.15) is 16.9 Å².